The molecule has 0 unspecified atom stereocenters. The molecule has 0 saturated heterocycles. The monoisotopic (exact) mass is 298 g/mol. The van der Waals surface area contributed by atoms with Gasteiger partial charge in [-0.1, -0.05) is 52.3 Å². The fourth-order valence-corrected chi connectivity index (χ4v) is 3.30. The average molecular weight is 299 g/mol. The predicted molar refractivity (Wildman–Crippen MR) is 78.8 cm³/mol. The van der Waals surface area contributed by atoms with E-state index in [1.807, 2.05) is 0 Å². The van der Waals surface area contributed by atoms with E-state index in [0.717, 1.165) is 28.7 Å². The zero-order chi connectivity index (χ0) is 12.1. The van der Waals surface area contributed by atoms with Gasteiger partial charge < -0.3 is 4.42 Å². The van der Waals surface area contributed by atoms with Crippen molar-refractivity contribution in [1.29, 1.82) is 0 Å². The minimum atomic E-state index is 1.01. The van der Waals surface area contributed by atoms with Crippen LogP contribution in [0.3, 0.4) is 0 Å². The molecule has 1 nitrogen and oxygen atoms in total. The lowest BCUT2D eigenvalue weighted by molar-refractivity contribution is 0.549. The highest BCUT2D eigenvalue weighted by atomic mass is 79.9. The number of hydrogen-bond acceptors (Lipinski definition) is 1. The van der Waals surface area contributed by atoms with Crippen LogP contribution in [0.5, 0.6) is 0 Å². The Morgan fingerprint density at radius 1 is 1.06 bits per heavy atom. The Kier molecular flexibility index (Phi) is 2.15. The first-order valence-corrected chi connectivity index (χ1v) is 6.93. The van der Waals surface area contributed by atoms with Crippen LogP contribution in [0.2, 0.25) is 0 Å². The van der Waals surface area contributed by atoms with Gasteiger partial charge in [-0.15, -0.1) is 0 Å². The van der Waals surface area contributed by atoms with Crippen LogP contribution in [0.15, 0.2) is 45.3 Å². The van der Waals surface area contributed by atoms with E-state index in [4.69, 9.17) is 4.42 Å². The van der Waals surface area contributed by atoms with Crippen molar-refractivity contribution in [3.63, 3.8) is 0 Å². The molecule has 2 aromatic carbocycles. The van der Waals surface area contributed by atoms with Gasteiger partial charge in [-0.3, -0.25) is 0 Å². The lowest BCUT2D eigenvalue weighted by Crippen LogP contribution is -1.88. The predicted octanol–water partition coefficient (Wildman–Crippen LogP) is 5.31. The van der Waals surface area contributed by atoms with Crippen molar-refractivity contribution < 1.29 is 4.42 Å². The molecule has 0 N–H and O–H groups in total. The van der Waals surface area contributed by atoms with E-state index in [-0.39, 0.29) is 0 Å². The number of allylic oxidation sites excluding steroid dienone is 1. The third-order valence-electron chi connectivity index (χ3n) is 3.58. The average Bonchev–Trinajstić information content (AvgIpc) is 2.78. The van der Waals surface area contributed by atoms with E-state index < -0.39 is 0 Å². The van der Waals surface area contributed by atoms with Gasteiger partial charge in [-0.05, 0) is 17.9 Å². The first-order chi connectivity index (χ1) is 8.84. The molecule has 18 heavy (non-hydrogen) atoms. The van der Waals surface area contributed by atoms with Gasteiger partial charge in [0.05, 0.1) is 0 Å². The molecule has 4 rings (SSSR count). The van der Waals surface area contributed by atoms with E-state index in [1.54, 1.807) is 0 Å². The van der Waals surface area contributed by atoms with E-state index in [2.05, 4.69) is 58.4 Å². The molecule has 0 spiro atoms. The molecule has 0 atom stereocenters. The minimum absolute atomic E-state index is 1.01. The molecular weight excluding hydrogens is 288 g/mol. The topological polar surface area (TPSA) is 13.1 Å². The molecule has 1 heterocycles. The van der Waals surface area contributed by atoms with Crippen molar-refractivity contribution >= 4 is 43.7 Å². The summed E-state index contributed by atoms with van der Waals surface area (Å²) in [6, 6.07) is 10.5. The highest BCUT2D eigenvalue weighted by Crippen LogP contribution is 2.38. The first kappa shape index (κ1) is 10.4. The molecule has 1 aromatic heterocycles. The molecule has 88 valence electrons. The third kappa shape index (κ3) is 1.33. The van der Waals surface area contributed by atoms with Crippen LogP contribution in [-0.2, 0) is 6.42 Å². The molecular formula is C16H11BrO. The zero-order valence-electron chi connectivity index (χ0n) is 9.74. The number of halogens is 1. The lowest BCUT2D eigenvalue weighted by Gasteiger charge is -2.02. The fraction of sp³-hybridized carbons (Fsp3) is 0.125. The van der Waals surface area contributed by atoms with Crippen LogP contribution in [0.25, 0.3) is 27.8 Å². The summed E-state index contributed by atoms with van der Waals surface area (Å²) in [7, 11) is 0. The maximum absolute atomic E-state index is 6.09. The second-order valence-electron chi connectivity index (χ2n) is 4.66. The summed E-state index contributed by atoms with van der Waals surface area (Å²) in [6.07, 6.45) is 6.49. The highest BCUT2D eigenvalue weighted by molar-refractivity contribution is 9.10. The maximum atomic E-state index is 6.09. The molecule has 0 bridgehead atoms. The van der Waals surface area contributed by atoms with E-state index >= 15 is 0 Å². The molecule has 0 amide bonds. The molecule has 0 radical (unpaired) electrons. The summed E-state index contributed by atoms with van der Waals surface area (Å²) in [5.41, 5.74) is 2.27. The van der Waals surface area contributed by atoms with Crippen LogP contribution >= 0.6 is 15.9 Å². The second-order valence-corrected chi connectivity index (χ2v) is 5.51. The number of hydrogen-bond donors (Lipinski definition) is 0. The fourth-order valence-electron chi connectivity index (χ4n) is 2.73. The van der Waals surface area contributed by atoms with Gasteiger partial charge in [0.1, 0.15) is 11.3 Å². The SMILES string of the molecule is Brc1cc2c3c(oc2c2ccccc12)CCC=C3. The summed E-state index contributed by atoms with van der Waals surface area (Å²) >= 11 is 3.66. The largest absolute Gasteiger partial charge is 0.460 e. The van der Waals surface area contributed by atoms with E-state index in [0.29, 0.717) is 0 Å². The Morgan fingerprint density at radius 3 is 2.78 bits per heavy atom. The number of furan rings is 1. The van der Waals surface area contributed by atoms with Gasteiger partial charge in [0, 0.05) is 27.2 Å². The van der Waals surface area contributed by atoms with Crippen LogP contribution < -0.4 is 0 Å². The Labute approximate surface area is 113 Å². The van der Waals surface area contributed by atoms with Crippen molar-refractivity contribution in [2.45, 2.75) is 12.8 Å². The number of rotatable bonds is 0. The smallest absolute Gasteiger partial charge is 0.142 e. The lowest BCUT2D eigenvalue weighted by atomic mass is 10.0. The normalized spacial score (nSPS) is 14.3. The zero-order valence-corrected chi connectivity index (χ0v) is 11.3. The van der Waals surface area contributed by atoms with Crippen molar-refractivity contribution in [1.82, 2.24) is 0 Å². The highest BCUT2D eigenvalue weighted by Gasteiger charge is 2.17. The molecule has 2 heteroatoms. The van der Waals surface area contributed by atoms with Gasteiger partial charge in [-0.25, -0.2) is 0 Å². The van der Waals surface area contributed by atoms with Crippen molar-refractivity contribution in [3.05, 3.63) is 52.2 Å². The van der Waals surface area contributed by atoms with Gasteiger partial charge >= 0.3 is 0 Å². The molecule has 1 aliphatic rings. The molecule has 3 aromatic rings. The van der Waals surface area contributed by atoms with Crippen molar-refractivity contribution in [3.8, 4) is 0 Å². The van der Waals surface area contributed by atoms with Crippen molar-refractivity contribution in [2.75, 3.05) is 0 Å². The molecule has 0 saturated carbocycles. The molecule has 0 aliphatic heterocycles. The Morgan fingerprint density at radius 2 is 1.89 bits per heavy atom. The third-order valence-corrected chi connectivity index (χ3v) is 4.24. The Hall–Kier alpha value is -1.54. The first-order valence-electron chi connectivity index (χ1n) is 6.14. The van der Waals surface area contributed by atoms with Gasteiger partial charge in [0.25, 0.3) is 0 Å². The molecule has 0 fully saturated rings. The maximum Gasteiger partial charge on any atom is 0.142 e. The number of fused-ring (bicyclic) bond motifs is 5. The van der Waals surface area contributed by atoms with Crippen LogP contribution in [-0.4, -0.2) is 0 Å². The van der Waals surface area contributed by atoms with E-state index in [1.165, 1.54) is 21.7 Å². The van der Waals surface area contributed by atoms with Crippen molar-refractivity contribution in [2.24, 2.45) is 0 Å². The summed E-state index contributed by atoms with van der Waals surface area (Å²) < 4.78 is 7.22. The van der Waals surface area contributed by atoms with E-state index in [9.17, 15) is 0 Å². The number of benzene rings is 2. The summed E-state index contributed by atoms with van der Waals surface area (Å²) in [4.78, 5) is 0. The Balaban J connectivity index is 2.24. The standard InChI is InChI=1S/C16H11BrO/c17-14-9-13-11-6-3-4-8-15(11)18-16(13)12-7-2-1-5-10(12)14/h1-3,5-7,9H,4,8H2. The minimum Gasteiger partial charge on any atom is -0.460 e. The molecule has 1 aliphatic carbocycles. The quantitative estimate of drug-likeness (QED) is 0.548. The van der Waals surface area contributed by atoms with Crippen LogP contribution in [0.1, 0.15) is 17.7 Å². The number of aryl methyl sites for hydroxylation is 1. The van der Waals surface area contributed by atoms with Crippen LogP contribution in [0.4, 0.5) is 0 Å². The van der Waals surface area contributed by atoms with Gasteiger partial charge in [0.15, 0.2) is 0 Å². The van der Waals surface area contributed by atoms with Gasteiger partial charge in [0.2, 0.25) is 0 Å². The summed E-state index contributed by atoms with van der Waals surface area (Å²) in [5.74, 6) is 1.12. The van der Waals surface area contributed by atoms with Gasteiger partial charge in [-0.2, -0.15) is 0 Å². The Bertz CT molecular complexity index is 796. The summed E-state index contributed by atoms with van der Waals surface area (Å²) in [5, 5.41) is 3.61. The van der Waals surface area contributed by atoms with Crippen LogP contribution in [0, 0.1) is 0 Å². The second kappa shape index (κ2) is 3.72. The summed E-state index contributed by atoms with van der Waals surface area (Å²) in [6.45, 7) is 0.